The summed E-state index contributed by atoms with van der Waals surface area (Å²) < 4.78 is 30.8. The molecule has 1 atom stereocenters. The Morgan fingerprint density at radius 3 is 2.50 bits per heavy atom. The highest BCUT2D eigenvalue weighted by atomic mass is 32.2. The van der Waals surface area contributed by atoms with Gasteiger partial charge in [0.2, 0.25) is 16.0 Å². The average molecular weight is 588 g/mol. The molecule has 3 N–H and O–H groups in total. The second kappa shape index (κ2) is 10.6. The lowest BCUT2D eigenvalue weighted by Crippen LogP contribution is -2.57. The molecule has 2 aliphatic rings. The van der Waals surface area contributed by atoms with Gasteiger partial charge >= 0.3 is 0 Å². The normalized spacial score (nSPS) is 16.3. The standard InChI is InChI=1S/C29H29N7O5S/c1-18-12-23(19-6-4-3-5-7-19)26(34(18)2)27(37)28(38)33-20-8-9-24-25(13-20)41-17-21-16-35(10-11-36(21)24)29-31-14-22(15-32-29)42(30,39)40/h3-9,12-15,21H,10-11,16-17H2,1-2H3,(H,33,38)(H2,30,39,40). The van der Waals surface area contributed by atoms with Crippen molar-refractivity contribution in [3.8, 4) is 16.9 Å². The quantitative estimate of drug-likeness (QED) is 0.256. The van der Waals surface area contributed by atoms with Crippen LogP contribution in [-0.2, 0) is 21.9 Å². The van der Waals surface area contributed by atoms with E-state index in [1.165, 1.54) is 12.4 Å². The number of amides is 1. The van der Waals surface area contributed by atoms with Crippen LogP contribution in [0.2, 0.25) is 0 Å². The number of hydrogen-bond donors (Lipinski definition) is 2. The molecule has 42 heavy (non-hydrogen) atoms. The van der Waals surface area contributed by atoms with Crippen molar-refractivity contribution < 1.29 is 22.7 Å². The molecule has 13 heteroatoms. The number of aryl methyl sites for hydroxylation is 1. The number of ketones is 1. The van der Waals surface area contributed by atoms with Crippen molar-refractivity contribution in [2.45, 2.75) is 17.9 Å². The second-order valence-electron chi connectivity index (χ2n) is 10.3. The van der Waals surface area contributed by atoms with Gasteiger partial charge in [-0.25, -0.2) is 23.5 Å². The van der Waals surface area contributed by atoms with E-state index in [9.17, 15) is 18.0 Å². The maximum absolute atomic E-state index is 13.3. The summed E-state index contributed by atoms with van der Waals surface area (Å²) in [6.07, 6.45) is 2.41. The summed E-state index contributed by atoms with van der Waals surface area (Å²) in [5, 5.41) is 7.89. The molecule has 12 nitrogen and oxygen atoms in total. The first kappa shape index (κ1) is 27.4. The number of sulfonamides is 1. The average Bonchev–Trinajstić information content (AvgIpc) is 3.29. The topological polar surface area (TPSA) is 153 Å². The highest BCUT2D eigenvalue weighted by Gasteiger charge is 2.34. The molecule has 2 aromatic heterocycles. The van der Waals surface area contributed by atoms with Gasteiger partial charge in [-0.3, -0.25) is 9.59 Å². The van der Waals surface area contributed by atoms with Crippen molar-refractivity contribution in [3.05, 3.63) is 78.4 Å². The smallest absolute Gasteiger partial charge is 0.298 e. The third-order valence-corrected chi connectivity index (χ3v) is 8.51. The number of nitrogens with zero attached hydrogens (tertiary/aromatic N) is 5. The Bertz CT molecular complexity index is 1790. The van der Waals surface area contributed by atoms with Gasteiger partial charge in [-0.05, 0) is 30.7 Å². The molecule has 0 spiro atoms. The van der Waals surface area contributed by atoms with Gasteiger partial charge in [0, 0.05) is 49.7 Å². The number of primary sulfonamides is 1. The zero-order chi connectivity index (χ0) is 29.6. The maximum Gasteiger partial charge on any atom is 0.298 e. The number of carbonyl (C=O) groups is 2. The molecule has 1 amide bonds. The molecule has 0 bridgehead atoms. The Morgan fingerprint density at radius 2 is 1.79 bits per heavy atom. The molecule has 216 valence electrons. The largest absolute Gasteiger partial charge is 0.489 e. The molecule has 1 saturated heterocycles. The summed E-state index contributed by atoms with van der Waals surface area (Å²) in [5.41, 5.74) is 4.11. The molecule has 1 fully saturated rings. The van der Waals surface area contributed by atoms with Gasteiger partial charge in [0.15, 0.2) is 0 Å². The van der Waals surface area contributed by atoms with Crippen LogP contribution in [0, 0.1) is 6.92 Å². The van der Waals surface area contributed by atoms with Crippen LogP contribution in [0.4, 0.5) is 17.3 Å². The van der Waals surface area contributed by atoms with Crippen LogP contribution in [0.3, 0.4) is 0 Å². The Morgan fingerprint density at radius 1 is 1.05 bits per heavy atom. The van der Waals surface area contributed by atoms with Crippen LogP contribution >= 0.6 is 0 Å². The van der Waals surface area contributed by atoms with Gasteiger partial charge in [0.1, 0.15) is 22.9 Å². The molecule has 0 radical (unpaired) electrons. The summed E-state index contributed by atoms with van der Waals surface area (Å²) in [7, 11) is -2.09. The molecule has 2 aromatic carbocycles. The number of aromatic nitrogens is 3. The molecule has 4 aromatic rings. The van der Waals surface area contributed by atoms with Crippen LogP contribution in [0.5, 0.6) is 5.75 Å². The van der Waals surface area contributed by atoms with E-state index >= 15 is 0 Å². The predicted molar refractivity (Wildman–Crippen MR) is 157 cm³/mol. The number of hydrogen-bond acceptors (Lipinski definition) is 9. The van der Waals surface area contributed by atoms with E-state index in [0.29, 0.717) is 54.9 Å². The number of nitrogens with two attached hydrogens (primary N) is 1. The van der Waals surface area contributed by atoms with Crippen molar-refractivity contribution in [3.63, 3.8) is 0 Å². The van der Waals surface area contributed by atoms with E-state index in [1.54, 1.807) is 23.7 Å². The first-order valence-electron chi connectivity index (χ1n) is 13.3. The molecule has 1 unspecified atom stereocenters. The number of carbonyl (C=O) groups excluding carboxylic acids is 2. The number of rotatable bonds is 6. The third kappa shape index (κ3) is 5.08. The lowest BCUT2D eigenvalue weighted by atomic mass is 10.0. The van der Waals surface area contributed by atoms with E-state index in [0.717, 1.165) is 16.9 Å². The Balaban J connectivity index is 1.16. The van der Waals surface area contributed by atoms with Gasteiger partial charge in [0.25, 0.3) is 11.7 Å². The number of fused-ring (bicyclic) bond motifs is 3. The molecule has 0 aliphatic carbocycles. The lowest BCUT2D eigenvalue weighted by Gasteiger charge is -2.45. The van der Waals surface area contributed by atoms with Crippen LogP contribution in [-0.4, -0.2) is 66.9 Å². The van der Waals surface area contributed by atoms with Crippen LogP contribution in [0.1, 0.15) is 16.2 Å². The number of Topliss-reactive ketones (excluding diaryl/α,β-unsaturated/α-hetero) is 1. The van der Waals surface area contributed by atoms with Crippen LogP contribution in [0.15, 0.2) is 71.9 Å². The highest BCUT2D eigenvalue weighted by molar-refractivity contribution is 7.89. The summed E-state index contributed by atoms with van der Waals surface area (Å²) in [4.78, 5) is 38.9. The summed E-state index contributed by atoms with van der Waals surface area (Å²) in [6, 6.07) is 16.8. The number of anilines is 3. The molecule has 4 heterocycles. The monoisotopic (exact) mass is 587 g/mol. The fraction of sp³-hybridized carbons (Fsp3) is 0.241. The lowest BCUT2D eigenvalue weighted by molar-refractivity contribution is -0.112. The molecular formula is C29H29N7O5S. The third-order valence-electron chi connectivity index (χ3n) is 7.65. The van der Waals surface area contributed by atoms with Gasteiger partial charge < -0.3 is 24.4 Å². The summed E-state index contributed by atoms with van der Waals surface area (Å²) in [5.74, 6) is -0.333. The van der Waals surface area contributed by atoms with E-state index in [1.807, 2.05) is 54.3 Å². The van der Waals surface area contributed by atoms with Gasteiger partial charge in [-0.15, -0.1) is 0 Å². The second-order valence-corrected chi connectivity index (χ2v) is 11.9. The molecule has 6 rings (SSSR count). The predicted octanol–water partition coefficient (Wildman–Crippen LogP) is 2.35. The fourth-order valence-electron chi connectivity index (χ4n) is 5.39. The number of benzene rings is 2. The van der Waals surface area contributed by atoms with Crippen LogP contribution < -0.4 is 25.0 Å². The van der Waals surface area contributed by atoms with Crippen molar-refractivity contribution >= 4 is 39.0 Å². The van der Waals surface area contributed by atoms with Crippen molar-refractivity contribution in [2.75, 3.05) is 41.4 Å². The minimum Gasteiger partial charge on any atom is -0.489 e. The van der Waals surface area contributed by atoms with Gasteiger partial charge in [0.05, 0.1) is 24.1 Å². The Hall–Kier alpha value is -4.75. The number of piperazine rings is 1. The van der Waals surface area contributed by atoms with Gasteiger partial charge in [-0.1, -0.05) is 30.3 Å². The van der Waals surface area contributed by atoms with Crippen molar-refractivity contribution in [2.24, 2.45) is 12.2 Å². The first-order chi connectivity index (χ1) is 20.1. The zero-order valence-electron chi connectivity index (χ0n) is 23.0. The van der Waals surface area contributed by atoms with Crippen LogP contribution in [0.25, 0.3) is 11.1 Å². The van der Waals surface area contributed by atoms with Crippen molar-refractivity contribution in [1.82, 2.24) is 14.5 Å². The van der Waals surface area contributed by atoms with Gasteiger partial charge in [-0.2, -0.15) is 0 Å². The highest BCUT2D eigenvalue weighted by Crippen LogP contribution is 2.38. The summed E-state index contributed by atoms with van der Waals surface area (Å²) >= 11 is 0. The van der Waals surface area contributed by atoms with E-state index in [2.05, 4.69) is 20.2 Å². The number of ether oxygens (including phenoxy) is 1. The fourth-order valence-corrected chi connectivity index (χ4v) is 5.79. The minimum atomic E-state index is -3.87. The maximum atomic E-state index is 13.3. The molecular weight excluding hydrogens is 558 g/mol. The zero-order valence-corrected chi connectivity index (χ0v) is 23.8. The van der Waals surface area contributed by atoms with E-state index < -0.39 is 21.7 Å². The first-order valence-corrected chi connectivity index (χ1v) is 14.9. The van der Waals surface area contributed by atoms with E-state index in [4.69, 9.17) is 9.88 Å². The Kier molecular flexibility index (Phi) is 6.91. The Labute approximate surface area is 242 Å². The molecule has 0 saturated carbocycles. The minimum absolute atomic E-state index is 0.00627. The SMILES string of the molecule is Cc1cc(-c2ccccc2)c(C(=O)C(=O)Nc2ccc3c(c2)OCC2CN(c4ncc(S(N)(=O)=O)cn4)CCN32)n1C. The summed E-state index contributed by atoms with van der Waals surface area (Å²) in [6.45, 7) is 4.11. The van der Waals surface area contributed by atoms with Crippen molar-refractivity contribution in [1.29, 1.82) is 0 Å². The number of nitrogens with one attached hydrogen (secondary N) is 1. The molecule has 2 aliphatic heterocycles. The van der Waals surface area contributed by atoms with E-state index in [-0.39, 0.29) is 10.9 Å².